The Morgan fingerprint density at radius 3 is 2.28 bits per heavy atom. The van der Waals surface area contributed by atoms with E-state index in [1.165, 1.54) is 12.0 Å². The maximum Gasteiger partial charge on any atom is 0.0314 e. The van der Waals surface area contributed by atoms with Crippen molar-refractivity contribution in [1.82, 2.24) is 4.90 Å². The van der Waals surface area contributed by atoms with E-state index >= 15 is 0 Å². The molecule has 1 unspecified atom stereocenters. The van der Waals surface area contributed by atoms with Gasteiger partial charge in [0, 0.05) is 24.2 Å². The molecule has 0 aliphatic heterocycles. The standard InChI is InChI=1S/C16H28N2/c1-6-13(2)11-18(5)12-16(3,4)14-7-9-15(17)10-8-14/h7-10,13H,6,11-12,17H2,1-5H3. The summed E-state index contributed by atoms with van der Waals surface area (Å²) in [6.07, 6.45) is 1.24. The van der Waals surface area contributed by atoms with Crippen LogP contribution in [0.25, 0.3) is 0 Å². The third-order valence-electron chi connectivity index (χ3n) is 3.68. The number of nitrogens with zero attached hydrogens (tertiary/aromatic N) is 1. The summed E-state index contributed by atoms with van der Waals surface area (Å²) in [5.74, 6) is 0.761. The average Bonchev–Trinajstić information content (AvgIpc) is 2.28. The Labute approximate surface area is 112 Å². The summed E-state index contributed by atoms with van der Waals surface area (Å²) in [5.41, 5.74) is 8.10. The molecule has 0 heterocycles. The van der Waals surface area contributed by atoms with Crippen molar-refractivity contribution in [2.75, 3.05) is 25.9 Å². The molecule has 0 bridgehead atoms. The van der Waals surface area contributed by atoms with Crippen molar-refractivity contribution >= 4 is 5.69 Å². The highest BCUT2D eigenvalue weighted by Gasteiger charge is 2.22. The van der Waals surface area contributed by atoms with E-state index < -0.39 is 0 Å². The first-order valence-corrected chi connectivity index (χ1v) is 6.89. The first-order chi connectivity index (χ1) is 8.35. The highest BCUT2D eigenvalue weighted by molar-refractivity contribution is 5.41. The molecule has 0 aliphatic carbocycles. The van der Waals surface area contributed by atoms with Crippen molar-refractivity contribution in [3.8, 4) is 0 Å². The first-order valence-electron chi connectivity index (χ1n) is 6.89. The number of anilines is 1. The van der Waals surface area contributed by atoms with E-state index in [4.69, 9.17) is 5.73 Å². The Morgan fingerprint density at radius 2 is 1.78 bits per heavy atom. The second kappa shape index (κ2) is 6.24. The Hall–Kier alpha value is -1.02. The second-order valence-electron chi connectivity index (χ2n) is 6.22. The lowest BCUT2D eigenvalue weighted by Crippen LogP contribution is -2.36. The number of likely N-dealkylation sites (N-methyl/N-ethyl adjacent to an activating group) is 1. The van der Waals surface area contributed by atoms with Crippen LogP contribution in [0.3, 0.4) is 0 Å². The van der Waals surface area contributed by atoms with Gasteiger partial charge in [-0.15, -0.1) is 0 Å². The van der Waals surface area contributed by atoms with E-state index in [1.54, 1.807) is 0 Å². The van der Waals surface area contributed by atoms with Gasteiger partial charge in [0.15, 0.2) is 0 Å². The quantitative estimate of drug-likeness (QED) is 0.780. The molecule has 18 heavy (non-hydrogen) atoms. The Morgan fingerprint density at radius 1 is 1.22 bits per heavy atom. The number of hydrogen-bond donors (Lipinski definition) is 1. The molecule has 1 aromatic carbocycles. The fraction of sp³-hybridized carbons (Fsp3) is 0.625. The Kier molecular flexibility index (Phi) is 5.21. The zero-order valence-electron chi connectivity index (χ0n) is 12.5. The largest absolute Gasteiger partial charge is 0.399 e. The molecule has 1 aromatic rings. The van der Waals surface area contributed by atoms with E-state index in [2.05, 4.69) is 51.8 Å². The lowest BCUT2D eigenvalue weighted by Gasteiger charge is -2.32. The summed E-state index contributed by atoms with van der Waals surface area (Å²) in [4.78, 5) is 2.44. The van der Waals surface area contributed by atoms with E-state index in [9.17, 15) is 0 Å². The summed E-state index contributed by atoms with van der Waals surface area (Å²) >= 11 is 0. The molecule has 0 aliphatic rings. The van der Waals surface area contributed by atoms with Gasteiger partial charge in [0.25, 0.3) is 0 Å². The lowest BCUT2D eigenvalue weighted by molar-refractivity contribution is 0.234. The number of rotatable bonds is 6. The van der Waals surface area contributed by atoms with Gasteiger partial charge in [-0.1, -0.05) is 46.2 Å². The van der Waals surface area contributed by atoms with Crippen LogP contribution in [-0.4, -0.2) is 25.0 Å². The predicted octanol–water partition coefficient (Wildman–Crippen LogP) is 3.52. The molecule has 102 valence electrons. The van der Waals surface area contributed by atoms with Crippen molar-refractivity contribution < 1.29 is 0 Å². The van der Waals surface area contributed by atoms with Gasteiger partial charge in [-0.2, -0.15) is 0 Å². The maximum absolute atomic E-state index is 5.74. The van der Waals surface area contributed by atoms with E-state index in [0.717, 1.165) is 24.7 Å². The van der Waals surface area contributed by atoms with Gasteiger partial charge in [-0.05, 0) is 30.7 Å². The molecule has 0 spiro atoms. The highest BCUT2D eigenvalue weighted by atomic mass is 15.1. The normalized spacial score (nSPS) is 13.9. The van der Waals surface area contributed by atoms with E-state index in [1.807, 2.05) is 12.1 Å². The monoisotopic (exact) mass is 248 g/mol. The summed E-state index contributed by atoms with van der Waals surface area (Å²) in [5, 5.41) is 0. The molecule has 2 nitrogen and oxygen atoms in total. The Bertz CT molecular complexity index is 354. The van der Waals surface area contributed by atoms with Gasteiger partial charge in [-0.25, -0.2) is 0 Å². The molecule has 0 saturated heterocycles. The molecule has 0 fully saturated rings. The maximum atomic E-state index is 5.74. The van der Waals surface area contributed by atoms with Crippen LogP contribution >= 0.6 is 0 Å². The van der Waals surface area contributed by atoms with Crippen molar-refractivity contribution in [3.05, 3.63) is 29.8 Å². The number of hydrogen-bond acceptors (Lipinski definition) is 2. The highest BCUT2D eigenvalue weighted by Crippen LogP contribution is 2.25. The smallest absolute Gasteiger partial charge is 0.0314 e. The van der Waals surface area contributed by atoms with Crippen LogP contribution in [0.1, 0.15) is 39.7 Å². The van der Waals surface area contributed by atoms with Crippen LogP contribution in [-0.2, 0) is 5.41 Å². The zero-order valence-corrected chi connectivity index (χ0v) is 12.5. The summed E-state index contributed by atoms with van der Waals surface area (Å²) < 4.78 is 0. The van der Waals surface area contributed by atoms with Gasteiger partial charge in [0.1, 0.15) is 0 Å². The fourth-order valence-corrected chi connectivity index (χ4v) is 2.43. The minimum absolute atomic E-state index is 0.163. The van der Waals surface area contributed by atoms with Crippen molar-refractivity contribution in [2.24, 2.45) is 5.92 Å². The van der Waals surface area contributed by atoms with Gasteiger partial charge in [-0.3, -0.25) is 0 Å². The van der Waals surface area contributed by atoms with Gasteiger partial charge >= 0.3 is 0 Å². The van der Waals surface area contributed by atoms with Crippen LogP contribution in [0.4, 0.5) is 5.69 Å². The molecule has 2 N–H and O–H groups in total. The number of nitrogens with two attached hydrogens (primary N) is 1. The van der Waals surface area contributed by atoms with E-state index in [0.29, 0.717) is 0 Å². The third-order valence-corrected chi connectivity index (χ3v) is 3.68. The molecule has 0 aromatic heterocycles. The first kappa shape index (κ1) is 15.0. The average molecular weight is 248 g/mol. The fourth-order valence-electron chi connectivity index (χ4n) is 2.43. The van der Waals surface area contributed by atoms with Crippen molar-refractivity contribution in [1.29, 1.82) is 0 Å². The molecule has 0 amide bonds. The molecular formula is C16H28N2. The van der Waals surface area contributed by atoms with Crippen LogP contribution in [0.5, 0.6) is 0 Å². The van der Waals surface area contributed by atoms with Gasteiger partial charge < -0.3 is 10.6 Å². The Balaban J connectivity index is 2.66. The minimum Gasteiger partial charge on any atom is -0.399 e. The minimum atomic E-state index is 0.163. The SMILES string of the molecule is CCC(C)CN(C)CC(C)(C)c1ccc(N)cc1. The summed E-state index contributed by atoms with van der Waals surface area (Å²) in [6.45, 7) is 11.4. The van der Waals surface area contributed by atoms with Crippen molar-refractivity contribution in [2.45, 2.75) is 39.5 Å². The van der Waals surface area contributed by atoms with Crippen LogP contribution in [0.2, 0.25) is 0 Å². The lowest BCUT2D eigenvalue weighted by atomic mass is 9.84. The van der Waals surface area contributed by atoms with Crippen LogP contribution < -0.4 is 5.73 Å². The molecular weight excluding hydrogens is 220 g/mol. The van der Waals surface area contributed by atoms with Gasteiger partial charge in [0.2, 0.25) is 0 Å². The summed E-state index contributed by atoms with van der Waals surface area (Å²) in [6, 6.07) is 8.27. The van der Waals surface area contributed by atoms with Crippen LogP contribution in [0.15, 0.2) is 24.3 Å². The number of benzene rings is 1. The molecule has 0 saturated carbocycles. The third kappa shape index (κ3) is 4.34. The zero-order chi connectivity index (χ0) is 13.8. The predicted molar refractivity (Wildman–Crippen MR) is 80.8 cm³/mol. The van der Waals surface area contributed by atoms with Crippen molar-refractivity contribution in [3.63, 3.8) is 0 Å². The molecule has 2 heteroatoms. The summed E-state index contributed by atoms with van der Waals surface area (Å²) in [7, 11) is 2.21. The molecule has 0 radical (unpaired) electrons. The molecule has 1 rings (SSSR count). The van der Waals surface area contributed by atoms with Crippen LogP contribution in [0, 0.1) is 5.92 Å². The second-order valence-corrected chi connectivity index (χ2v) is 6.22. The topological polar surface area (TPSA) is 29.3 Å². The van der Waals surface area contributed by atoms with E-state index in [-0.39, 0.29) is 5.41 Å². The van der Waals surface area contributed by atoms with Gasteiger partial charge in [0.05, 0.1) is 0 Å². The molecule has 1 atom stereocenters. The number of nitrogen functional groups attached to an aromatic ring is 1.